The molecule has 3 rings (SSSR count). The number of benzene rings is 1. The van der Waals surface area contributed by atoms with Gasteiger partial charge in [-0.15, -0.1) is 0 Å². The van der Waals surface area contributed by atoms with E-state index < -0.39 is 0 Å². The number of hydrogen-bond donors (Lipinski definition) is 3. The van der Waals surface area contributed by atoms with Gasteiger partial charge in [0.25, 0.3) is 0 Å². The Morgan fingerprint density at radius 1 is 1.36 bits per heavy atom. The Balaban J connectivity index is 1.34. The fourth-order valence-corrected chi connectivity index (χ4v) is 3.52. The number of hydrogen-bond acceptors (Lipinski definition) is 5. The molecule has 118 valence electrons. The third kappa shape index (κ3) is 3.96. The number of aromatic nitrogens is 1. The molecule has 2 heterocycles. The van der Waals surface area contributed by atoms with Crippen LogP contribution in [-0.4, -0.2) is 36.0 Å². The second-order valence-electron chi connectivity index (χ2n) is 5.66. The van der Waals surface area contributed by atoms with Gasteiger partial charge in [0.05, 0.1) is 4.70 Å². The van der Waals surface area contributed by atoms with Crippen LogP contribution in [0.1, 0.15) is 25.7 Å². The molecule has 1 amide bonds. The molecule has 0 bridgehead atoms. The number of nitrogens with zero attached hydrogens (tertiary/aromatic N) is 1. The SMILES string of the molecule is O=C(CC1CCCN1)NCCCNc1nsc2ccccc12. The van der Waals surface area contributed by atoms with Gasteiger partial charge in [-0.05, 0) is 49.5 Å². The molecule has 1 atom stereocenters. The van der Waals surface area contributed by atoms with E-state index in [1.807, 2.05) is 12.1 Å². The number of carbonyl (C=O) groups is 1. The van der Waals surface area contributed by atoms with Crippen molar-refractivity contribution in [1.29, 1.82) is 0 Å². The Kier molecular flexibility index (Phi) is 5.24. The van der Waals surface area contributed by atoms with Crippen LogP contribution in [0.2, 0.25) is 0 Å². The first-order chi connectivity index (χ1) is 10.8. The maximum atomic E-state index is 11.8. The summed E-state index contributed by atoms with van der Waals surface area (Å²) in [6.07, 6.45) is 3.80. The van der Waals surface area contributed by atoms with Crippen LogP contribution in [0.25, 0.3) is 10.1 Å². The van der Waals surface area contributed by atoms with Gasteiger partial charge in [-0.2, -0.15) is 4.37 Å². The molecule has 1 unspecified atom stereocenters. The molecule has 0 aliphatic carbocycles. The third-order valence-electron chi connectivity index (χ3n) is 3.94. The van der Waals surface area contributed by atoms with E-state index in [-0.39, 0.29) is 5.91 Å². The number of anilines is 1. The summed E-state index contributed by atoms with van der Waals surface area (Å²) in [6, 6.07) is 8.59. The summed E-state index contributed by atoms with van der Waals surface area (Å²) in [6.45, 7) is 2.57. The average molecular weight is 318 g/mol. The van der Waals surface area contributed by atoms with Crippen molar-refractivity contribution in [2.24, 2.45) is 0 Å². The van der Waals surface area contributed by atoms with Gasteiger partial charge < -0.3 is 16.0 Å². The summed E-state index contributed by atoms with van der Waals surface area (Å²) in [5, 5.41) is 10.9. The van der Waals surface area contributed by atoms with Crippen LogP contribution in [0.15, 0.2) is 24.3 Å². The van der Waals surface area contributed by atoms with Crippen molar-refractivity contribution >= 4 is 33.3 Å². The smallest absolute Gasteiger partial charge is 0.221 e. The lowest BCUT2D eigenvalue weighted by Gasteiger charge is -2.10. The maximum absolute atomic E-state index is 11.8. The summed E-state index contributed by atoms with van der Waals surface area (Å²) in [5.74, 6) is 1.10. The molecule has 1 saturated heterocycles. The summed E-state index contributed by atoms with van der Waals surface area (Å²) >= 11 is 1.51. The number of nitrogens with one attached hydrogen (secondary N) is 3. The van der Waals surface area contributed by atoms with Gasteiger partial charge in [-0.25, -0.2) is 0 Å². The molecular formula is C16H22N4OS. The Hall–Kier alpha value is -1.66. The first kappa shape index (κ1) is 15.2. The van der Waals surface area contributed by atoms with Gasteiger partial charge in [0.15, 0.2) is 0 Å². The van der Waals surface area contributed by atoms with Crippen LogP contribution in [0.3, 0.4) is 0 Å². The monoisotopic (exact) mass is 318 g/mol. The molecule has 1 aromatic carbocycles. The van der Waals surface area contributed by atoms with E-state index in [9.17, 15) is 4.79 Å². The molecule has 1 aliphatic rings. The molecular weight excluding hydrogens is 296 g/mol. The lowest BCUT2D eigenvalue weighted by atomic mass is 10.1. The first-order valence-electron chi connectivity index (χ1n) is 7.91. The minimum atomic E-state index is 0.151. The van der Waals surface area contributed by atoms with Crippen LogP contribution in [0.5, 0.6) is 0 Å². The van der Waals surface area contributed by atoms with Crippen LogP contribution in [-0.2, 0) is 4.79 Å². The standard InChI is InChI=1S/C16H22N4OS/c21-15(11-12-5-3-8-17-12)18-9-4-10-19-16-13-6-1-2-7-14(13)22-20-16/h1-2,6-7,12,17H,3-5,8-11H2,(H,18,21)(H,19,20). The normalized spacial score (nSPS) is 17.7. The third-order valence-corrected chi connectivity index (χ3v) is 4.77. The van der Waals surface area contributed by atoms with Crippen molar-refractivity contribution in [3.8, 4) is 0 Å². The van der Waals surface area contributed by atoms with E-state index >= 15 is 0 Å². The fraction of sp³-hybridized carbons (Fsp3) is 0.500. The summed E-state index contributed by atoms with van der Waals surface area (Å²) in [5.41, 5.74) is 0. The molecule has 0 saturated carbocycles. The molecule has 5 nitrogen and oxygen atoms in total. The van der Waals surface area contributed by atoms with Crippen molar-refractivity contribution in [2.45, 2.75) is 31.7 Å². The minimum absolute atomic E-state index is 0.151. The Labute approximate surface area is 134 Å². The fourth-order valence-electron chi connectivity index (χ4n) is 2.76. The van der Waals surface area contributed by atoms with E-state index in [1.54, 1.807) is 0 Å². The molecule has 2 aromatic rings. The summed E-state index contributed by atoms with van der Waals surface area (Å²) < 4.78 is 5.63. The van der Waals surface area contributed by atoms with E-state index in [4.69, 9.17) is 0 Å². The molecule has 0 radical (unpaired) electrons. The molecule has 0 spiro atoms. The van der Waals surface area contributed by atoms with Crippen LogP contribution in [0.4, 0.5) is 5.82 Å². The largest absolute Gasteiger partial charge is 0.369 e. The number of rotatable bonds is 7. The Bertz CT molecular complexity index is 621. The lowest BCUT2D eigenvalue weighted by Crippen LogP contribution is -2.32. The molecule has 1 fully saturated rings. The molecule has 22 heavy (non-hydrogen) atoms. The van der Waals surface area contributed by atoms with E-state index in [2.05, 4.69) is 32.5 Å². The van der Waals surface area contributed by atoms with Crippen LogP contribution >= 0.6 is 11.5 Å². The minimum Gasteiger partial charge on any atom is -0.369 e. The van der Waals surface area contributed by atoms with Gasteiger partial charge in [0, 0.05) is 30.9 Å². The Morgan fingerprint density at radius 2 is 2.27 bits per heavy atom. The zero-order chi connectivity index (χ0) is 15.2. The van der Waals surface area contributed by atoms with Gasteiger partial charge in [-0.3, -0.25) is 4.79 Å². The number of fused-ring (bicyclic) bond motifs is 1. The summed E-state index contributed by atoms with van der Waals surface area (Å²) in [4.78, 5) is 11.8. The molecule has 3 N–H and O–H groups in total. The lowest BCUT2D eigenvalue weighted by molar-refractivity contribution is -0.121. The zero-order valence-electron chi connectivity index (χ0n) is 12.6. The van der Waals surface area contributed by atoms with Crippen molar-refractivity contribution in [1.82, 2.24) is 15.0 Å². The highest BCUT2D eigenvalue weighted by atomic mass is 32.1. The number of amides is 1. The van der Waals surface area contributed by atoms with Crippen LogP contribution in [0, 0.1) is 0 Å². The van der Waals surface area contributed by atoms with Gasteiger partial charge >= 0.3 is 0 Å². The van der Waals surface area contributed by atoms with Crippen molar-refractivity contribution in [2.75, 3.05) is 25.0 Å². The second-order valence-corrected chi connectivity index (χ2v) is 6.46. The molecule has 1 aliphatic heterocycles. The van der Waals surface area contributed by atoms with E-state index in [1.165, 1.54) is 28.0 Å². The van der Waals surface area contributed by atoms with Gasteiger partial charge in [-0.1, -0.05) is 12.1 Å². The highest BCUT2D eigenvalue weighted by Gasteiger charge is 2.17. The quantitative estimate of drug-likeness (QED) is 0.686. The Morgan fingerprint density at radius 3 is 3.14 bits per heavy atom. The van der Waals surface area contributed by atoms with E-state index in [0.29, 0.717) is 19.0 Å². The first-order valence-corrected chi connectivity index (χ1v) is 8.68. The number of carbonyl (C=O) groups excluding carboxylic acids is 1. The molecule has 6 heteroatoms. The topological polar surface area (TPSA) is 66.1 Å². The highest BCUT2D eigenvalue weighted by molar-refractivity contribution is 7.13. The average Bonchev–Trinajstić information content (AvgIpc) is 3.17. The zero-order valence-corrected chi connectivity index (χ0v) is 13.4. The van der Waals surface area contributed by atoms with Crippen molar-refractivity contribution in [3.05, 3.63) is 24.3 Å². The van der Waals surface area contributed by atoms with Crippen molar-refractivity contribution < 1.29 is 4.79 Å². The second kappa shape index (κ2) is 7.56. The highest BCUT2D eigenvalue weighted by Crippen LogP contribution is 2.25. The van der Waals surface area contributed by atoms with Gasteiger partial charge in [0.2, 0.25) is 5.91 Å². The molecule has 1 aromatic heterocycles. The van der Waals surface area contributed by atoms with Crippen LogP contribution < -0.4 is 16.0 Å². The predicted octanol–water partition coefficient (Wildman–Crippen LogP) is 2.36. The predicted molar refractivity (Wildman–Crippen MR) is 91.4 cm³/mol. The summed E-state index contributed by atoms with van der Waals surface area (Å²) in [7, 11) is 0. The maximum Gasteiger partial charge on any atom is 0.221 e. The van der Waals surface area contributed by atoms with Crippen molar-refractivity contribution in [3.63, 3.8) is 0 Å². The van der Waals surface area contributed by atoms with E-state index in [0.717, 1.165) is 31.7 Å². The van der Waals surface area contributed by atoms with Gasteiger partial charge in [0.1, 0.15) is 5.82 Å².